The van der Waals surface area contributed by atoms with Gasteiger partial charge in [0.15, 0.2) is 5.82 Å². The lowest BCUT2D eigenvalue weighted by Crippen LogP contribution is -2.22. The van der Waals surface area contributed by atoms with Gasteiger partial charge in [-0.25, -0.2) is 4.98 Å². The molecule has 0 spiro atoms. The first-order valence-corrected chi connectivity index (χ1v) is 6.20. The van der Waals surface area contributed by atoms with Gasteiger partial charge in [-0.2, -0.15) is 13.2 Å². The third-order valence-electron chi connectivity index (χ3n) is 2.37. The maximum Gasteiger partial charge on any atom is 0.400 e. The fraction of sp³-hybridized carbons (Fsp3) is 0.273. The Labute approximate surface area is 111 Å². The molecular formula is C11H10F3N3OS. The smallest absolute Gasteiger partial charge is 0.400 e. The third-order valence-corrected chi connectivity index (χ3v) is 3.38. The normalized spacial score (nSPS) is 13.5. The molecule has 8 heteroatoms. The summed E-state index contributed by atoms with van der Waals surface area (Å²) in [5.41, 5.74) is 0.390. The topological polar surface area (TPSA) is 61.8 Å². The zero-order chi connectivity index (χ0) is 14.0. The number of hydrogen-bond donors (Lipinski definition) is 2. The summed E-state index contributed by atoms with van der Waals surface area (Å²) in [6.45, 7) is 1.04. The van der Waals surface area contributed by atoms with Crippen LogP contribution in [-0.4, -0.2) is 31.7 Å². The molecule has 0 aliphatic rings. The van der Waals surface area contributed by atoms with Gasteiger partial charge < -0.3 is 5.11 Å². The Kier molecular flexibility index (Phi) is 3.70. The molecule has 1 unspecified atom stereocenters. The molecule has 0 bridgehead atoms. The number of halogens is 3. The van der Waals surface area contributed by atoms with Crippen LogP contribution in [0, 0.1) is 0 Å². The highest BCUT2D eigenvalue weighted by Crippen LogP contribution is 2.34. The second kappa shape index (κ2) is 5.12. The van der Waals surface area contributed by atoms with E-state index in [-0.39, 0.29) is 16.7 Å². The maximum atomic E-state index is 12.4. The molecule has 0 saturated heterocycles. The van der Waals surface area contributed by atoms with E-state index in [1.54, 1.807) is 18.2 Å². The van der Waals surface area contributed by atoms with Crippen LogP contribution < -0.4 is 0 Å². The summed E-state index contributed by atoms with van der Waals surface area (Å²) < 4.78 is 37.2. The molecule has 0 radical (unpaired) electrons. The quantitative estimate of drug-likeness (QED) is 0.852. The monoisotopic (exact) mass is 289 g/mol. The first kappa shape index (κ1) is 13.7. The van der Waals surface area contributed by atoms with Crippen LogP contribution in [0.2, 0.25) is 0 Å². The van der Waals surface area contributed by atoms with Gasteiger partial charge in [-0.05, 0) is 19.1 Å². The summed E-state index contributed by atoms with van der Waals surface area (Å²) in [5, 5.41) is 14.2. The number of benzene rings is 1. The number of phenols is 1. The minimum Gasteiger partial charge on any atom is -0.507 e. The summed E-state index contributed by atoms with van der Waals surface area (Å²) in [4.78, 5) is 3.93. The van der Waals surface area contributed by atoms with Crippen LogP contribution in [-0.2, 0) is 0 Å². The number of alkyl halides is 3. The summed E-state index contributed by atoms with van der Waals surface area (Å²) >= 11 is 0.512. The molecule has 0 saturated carbocycles. The molecule has 0 aliphatic heterocycles. The number of thioether (sulfide) groups is 1. The van der Waals surface area contributed by atoms with Crippen LogP contribution >= 0.6 is 11.8 Å². The summed E-state index contributed by atoms with van der Waals surface area (Å²) in [7, 11) is 0. The van der Waals surface area contributed by atoms with E-state index in [1.807, 2.05) is 0 Å². The third kappa shape index (κ3) is 3.19. The van der Waals surface area contributed by atoms with Gasteiger partial charge in [-0.1, -0.05) is 23.9 Å². The average Bonchev–Trinajstić information content (AvgIpc) is 2.76. The van der Waals surface area contributed by atoms with Crippen LogP contribution in [0.5, 0.6) is 5.75 Å². The second-order valence-electron chi connectivity index (χ2n) is 3.79. The molecule has 1 aromatic carbocycles. The van der Waals surface area contributed by atoms with Gasteiger partial charge in [-0.3, -0.25) is 5.10 Å². The number of aromatic nitrogens is 3. The van der Waals surface area contributed by atoms with E-state index in [9.17, 15) is 18.3 Å². The van der Waals surface area contributed by atoms with Gasteiger partial charge >= 0.3 is 6.18 Å². The standard InChI is InChI=1S/C11H10F3N3OS/c1-6(11(12,13)14)19-10-15-9(16-17-10)7-4-2-3-5-8(7)18/h2-6,18H,1H3,(H,15,16,17). The van der Waals surface area contributed by atoms with Crippen molar-refractivity contribution in [3.8, 4) is 17.1 Å². The fourth-order valence-corrected chi connectivity index (χ4v) is 2.01. The van der Waals surface area contributed by atoms with Crippen LogP contribution in [0.15, 0.2) is 29.4 Å². The molecule has 1 aromatic heterocycles. The van der Waals surface area contributed by atoms with E-state index in [4.69, 9.17) is 0 Å². The second-order valence-corrected chi connectivity index (χ2v) is 5.09. The Bertz CT molecular complexity index is 570. The Hall–Kier alpha value is -1.70. The Morgan fingerprint density at radius 2 is 2.00 bits per heavy atom. The first-order chi connectivity index (χ1) is 8.88. The minimum absolute atomic E-state index is 0.0110. The average molecular weight is 289 g/mol. The SMILES string of the molecule is CC(Sc1n[nH]c(-c2ccccc2O)n1)C(F)(F)F. The molecule has 4 nitrogen and oxygen atoms in total. The molecule has 0 fully saturated rings. The predicted octanol–water partition coefficient (Wildman–Crippen LogP) is 3.22. The van der Waals surface area contributed by atoms with Crippen molar-refractivity contribution >= 4 is 11.8 Å². The van der Waals surface area contributed by atoms with Crippen molar-refractivity contribution in [2.45, 2.75) is 23.5 Å². The number of para-hydroxylation sites is 1. The highest BCUT2D eigenvalue weighted by molar-refractivity contribution is 7.99. The van der Waals surface area contributed by atoms with E-state index in [2.05, 4.69) is 15.2 Å². The van der Waals surface area contributed by atoms with E-state index < -0.39 is 11.4 Å². The summed E-state index contributed by atoms with van der Waals surface area (Å²) in [6, 6.07) is 6.37. The van der Waals surface area contributed by atoms with Crippen LogP contribution in [0.1, 0.15) is 6.92 Å². The largest absolute Gasteiger partial charge is 0.507 e. The molecule has 102 valence electrons. The lowest BCUT2D eigenvalue weighted by atomic mass is 10.2. The number of phenolic OH excluding ortho intramolecular Hbond substituents is 1. The van der Waals surface area contributed by atoms with Crippen LogP contribution in [0.25, 0.3) is 11.4 Å². The van der Waals surface area contributed by atoms with Crippen LogP contribution in [0.4, 0.5) is 13.2 Å². The van der Waals surface area contributed by atoms with Crippen molar-refractivity contribution < 1.29 is 18.3 Å². The fourth-order valence-electron chi connectivity index (χ4n) is 1.32. The van der Waals surface area contributed by atoms with Crippen LogP contribution in [0.3, 0.4) is 0 Å². The number of hydrogen-bond acceptors (Lipinski definition) is 4. The number of rotatable bonds is 3. The Morgan fingerprint density at radius 1 is 1.32 bits per heavy atom. The van der Waals surface area contributed by atoms with E-state index in [1.165, 1.54) is 6.07 Å². The molecule has 2 rings (SSSR count). The maximum absolute atomic E-state index is 12.4. The highest BCUT2D eigenvalue weighted by Gasteiger charge is 2.37. The van der Waals surface area contributed by atoms with Gasteiger partial charge in [0.2, 0.25) is 5.16 Å². The van der Waals surface area contributed by atoms with Crippen molar-refractivity contribution in [3.63, 3.8) is 0 Å². The molecule has 19 heavy (non-hydrogen) atoms. The lowest BCUT2D eigenvalue weighted by molar-refractivity contribution is -0.125. The van der Waals surface area contributed by atoms with Crippen molar-refractivity contribution in [3.05, 3.63) is 24.3 Å². The molecular weight excluding hydrogens is 279 g/mol. The van der Waals surface area contributed by atoms with E-state index >= 15 is 0 Å². The molecule has 1 atom stereocenters. The Balaban J connectivity index is 2.19. The molecule has 2 N–H and O–H groups in total. The molecule has 0 aliphatic carbocycles. The predicted molar refractivity (Wildman–Crippen MR) is 64.9 cm³/mol. The van der Waals surface area contributed by atoms with Gasteiger partial charge in [0.05, 0.1) is 5.56 Å². The van der Waals surface area contributed by atoms with E-state index in [0.717, 1.165) is 6.92 Å². The zero-order valence-corrected chi connectivity index (χ0v) is 10.6. The molecule has 1 heterocycles. The molecule has 0 amide bonds. The zero-order valence-electron chi connectivity index (χ0n) is 9.77. The van der Waals surface area contributed by atoms with Crippen molar-refractivity contribution in [2.24, 2.45) is 0 Å². The summed E-state index contributed by atoms with van der Waals surface area (Å²) in [6.07, 6.45) is -4.31. The first-order valence-electron chi connectivity index (χ1n) is 5.32. The number of nitrogens with one attached hydrogen (secondary N) is 1. The van der Waals surface area contributed by atoms with Gasteiger partial charge in [0.25, 0.3) is 0 Å². The number of aromatic amines is 1. The van der Waals surface area contributed by atoms with Gasteiger partial charge in [0.1, 0.15) is 11.0 Å². The van der Waals surface area contributed by atoms with Gasteiger partial charge in [-0.15, -0.1) is 5.10 Å². The number of aromatic hydroxyl groups is 1. The highest BCUT2D eigenvalue weighted by atomic mass is 32.2. The number of H-pyrrole nitrogens is 1. The van der Waals surface area contributed by atoms with Gasteiger partial charge in [0, 0.05) is 0 Å². The van der Waals surface area contributed by atoms with Crippen molar-refractivity contribution in [2.75, 3.05) is 0 Å². The lowest BCUT2D eigenvalue weighted by Gasteiger charge is -2.12. The Morgan fingerprint density at radius 3 is 2.63 bits per heavy atom. The van der Waals surface area contributed by atoms with Crippen molar-refractivity contribution in [1.29, 1.82) is 0 Å². The minimum atomic E-state index is -4.31. The van der Waals surface area contributed by atoms with Crippen molar-refractivity contribution in [1.82, 2.24) is 15.2 Å². The molecule has 2 aromatic rings. The van der Waals surface area contributed by atoms with E-state index in [0.29, 0.717) is 17.3 Å². The number of nitrogens with zero attached hydrogens (tertiary/aromatic N) is 2. The summed E-state index contributed by atoms with van der Waals surface area (Å²) in [5.74, 6) is 0.217.